The SMILES string of the molecule is O=C(N/C=C\c1ccccc1)[C@H]1O[C@@H]1c1ccccc1. The number of benzene rings is 2. The summed E-state index contributed by atoms with van der Waals surface area (Å²) < 4.78 is 5.42. The van der Waals surface area contributed by atoms with E-state index in [1.54, 1.807) is 6.20 Å². The lowest BCUT2D eigenvalue weighted by Crippen LogP contribution is -2.23. The van der Waals surface area contributed by atoms with Gasteiger partial charge in [0.2, 0.25) is 0 Å². The van der Waals surface area contributed by atoms with Crippen LogP contribution in [0.3, 0.4) is 0 Å². The van der Waals surface area contributed by atoms with E-state index >= 15 is 0 Å². The minimum absolute atomic E-state index is 0.106. The smallest absolute Gasteiger partial charge is 0.256 e. The molecule has 3 heteroatoms. The number of hydrogen-bond donors (Lipinski definition) is 1. The van der Waals surface area contributed by atoms with Gasteiger partial charge in [-0.3, -0.25) is 4.79 Å². The van der Waals surface area contributed by atoms with Crippen molar-refractivity contribution in [3.63, 3.8) is 0 Å². The largest absolute Gasteiger partial charge is 0.354 e. The Bertz CT molecular complexity index is 607. The van der Waals surface area contributed by atoms with Crippen molar-refractivity contribution in [2.75, 3.05) is 0 Å². The first-order valence-electron chi connectivity index (χ1n) is 6.57. The summed E-state index contributed by atoms with van der Waals surface area (Å²) in [6.07, 6.45) is 3.03. The molecule has 1 N–H and O–H groups in total. The quantitative estimate of drug-likeness (QED) is 0.864. The zero-order valence-corrected chi connectivity index (χ0v) is 10.9. The van der Waals surface area contributed by atoms with Crippen LogP contribution in [0.5, 0.6) is 0 Å². The molecule has 20 heavy (non-hydrogen) atoms. The lowest BCUT2D eigenvalue weighted by Gasteiger charge is -1.97. The Morgan fingerprint density at radius 1 is 1.00 bits per heavy atom. The molecule has 0 radical (unpaired) electrons. The fraction of sp³-hybridized carbons (Fsp3) is 0.118. The molecule has 0 unspecified atom stereocenters. The van der Waals surface area contributed by atoms with Gasteiger partial charge in [-0.2, -0.15) is 0 Å². The lowest BCUT2D eigenvalue weighted by atomic mass is 10.1. The maximum Gasteiger partial charge on any atom is 0.256 e. The van der Waals surface area contributed by atoms with Crippen molar-refractivity contribution in [2.24, 2.45) is 0 Å². The molecule has 0 bridgehead atoms. The van der Waals surface area contributed by atoms with Gasteiger partial charge in [-0.15, -0.1) is 0 Å². The summed E-state index contributed by atoms with van der Waals surface area (Å²) in [6, 6.07) is 19.6. The van der Waals surface area contributed by atoms with E-state index in [4.69, 9.17) is 4.74 Å². The van der Waals surface area contributed by atoms with Gasteiger partial charge in [-0.1, -0.05) is 60.7 Å². The number of carbonyl (C=O) groups is 1. The molecule has 2 aromatic rings. The normalized spacial score (nSPS) is 20.8. The Balaban J connectivity index is 1.53. The van der Waals surface area contributed by atoms with Gasteiger partial charge in [-0.25, -0.2) is 0 Å². The van der Waals surface area contributed by atoms with Gasteiger partial charge >= 0.3 is 0 Å². The van der Waals surface area contributed by atoms with Crippen molar-refractivity contribution in [1.82, 2.24) is 5.32 Å². The standard InChI is InChI=1S/C17H15NO2/c19-17(18-12-11-13-7-3-1-4-8-13)16-15(20-16)14-9-5-2-6-10-14/h1-12,15-16H,(H,18,19)/b12-11-/t15-,16+/m1/s1. The third-order valence-electron chi connectivity index (χ3n) is 3.18. The Kier molecular flexibility index (Phi) is 3.61. The van der Waals surface area contributed by atoms with Crippen LogP contribution >= 0.6 is 0 Å². The molecule has 2 aromatic carbocycles. The van der Waals surface area contributed by atoms with Crippen LogP contribution in [0.25, 0.3) is 6.08 Å². The minimum Gasteiger partial charge on any atom is -0.354 e. The predicted molar refractivity (Wildman–Crippen MR) is 77.7 cm³/mol. The van der Waals surface area contributed by atoms with Crippen molar-refractivity contribution in [1.29, 1.82) is 0 Å². The molecule has 2 atom stereocenters. The zero-order chi connectivity index (χ0) is 13.8. The average Bonchev–Trinajstić information content (AvgIpc) is 3.30. The van der Waals surface area contributed by atoms with Gasteiger partial charge in [0.1, 0.15) is 6.10 Å². The molecule has 1 saturated heterocycles. The molecular weight excluding hydrogens is 250 g/mol. The van der Waals surface area contributed by atoms with E-state index in [2.05, 4.69) is 5.32 Å². The lowest BCUT2D eigenvalue weighted by molar-refractivity contribution is -0.121. The second-order valence-corrected chi connectivity index (χ2v) is 4.64. The molecule has 1 aliphatic heterocycles. The molecule has 1 amide bonds. The molecule has 0 aromatic heterocycles. The summed E-state index contributed by atoms with van der Waals surface area (Å²) >= 11 is 0. The van der Waals surface area contributed by atoms with Gasteiger partial charge in [0, 0.05) is 6.20 Å². The van der Waals surface area contributed by atoms with Crippen LogP contribution < -0.4 is 5.32 Å². The van der Waals surface area contributed by atoms with Crippen LogP contribution in [0.1, 0.15) is 17.2 Å². The Labute approximate surface area is 117 Å². The minimum atomic E-state index is -0.377. The summed E-state index contributed by atoms with van der Waals surface area (Å²) in [4.78, 5) is 11.9. The van der Waals surface area contributed by atoms with Crippen molar-refractivity contribution < 1.29 is 9.53 Å². The fourth-order valence-corrected chi connectivity index (χ4v) is 2.07. The first-order valence-corrected chi connectivity index (χ1v) is 6.57. The second kappa shape index (κ2) is 5.72. The molecule has 0 saturated carbocycles. The zero-order valence-electron chi connectivity index (χ0n) is 10.9. The van der Waals surface area contributed by atoms with E-state index in [0.717, 1.165) is 11.1 Å². The number of ether oxygens (including phenoxy) is 1. The second-order valence-electron chi connectivity index (χ2n) is 4.64. The third-order valence-corrected chi connectivity index (χ3v) is 3.18. The van der Waals surface area contributed by atoms with Gasteiger partial charge in [-0.05, 0) is 17.2 Å². The highest BCUT2D eigenvalue weighted by Crippen LogP contribution is 2.38. The van der Waals surface area contributed by atoms with Crippen LogP contribution in [0.2, 0.25) is 0 Å². The maximum absolute atomic E-state index is 11.9. The maximum atomic E-state index is 11.9. The first-order chi connectivity index (χ1) is 9.84. The average molecular weight is 265 g/mol. The highest BCUT2D eigenvalue weighted by Gasteiger charge is 2.45. The molecular formula is C17H15NO2. The van der Waals surface area contributed by atoms with Crippen molar-refractivity contribution >= 4 is 12.0 Å². The molecule has 100 valence electrons. The highest BCUT2D eigenvalue weighted by atomic mass is 16.6. The van der Waals surface area contributed by atoms with Crippen LogP contribution in [-0.2, 0) is 9.53 Å². The topological polar surface area (TPSA) is 41.6 Å². The van der Waals surface area contributed by atoms with Crippen LogP contribution in [0, 0.1) is 0 Å². The van der Waals surface area contributed by atoms with Gasteiger partial charge < -0.3 is 10.1 Å². The van der Waals surface area contributed by atoms with Crippen LogP contribution in [-0.4, -0.2) is 12.0 Å². The number of nitrogens with one attached hydrogen (secondary N) is 1. The Hall–Kier alpha value is -2.39. The number of hydrogen-bond acceptors (Lipinski definition) is 2. The molecule has 0 spiro atoms. The van der Waals surface area contributed by atoms with E-state index in [-0.39, 0.29) is 18.1 Å². The highest BCUT2D eigenvalue weighted by molar-refractivity contribution is 5.85. The summed E-state index contributed by atoms with van der Waals surface area (Å²) in [6.45, 7) is 0. The third kappa shape index (κ3) is 2.95. The van der Waals surface area contributed by atoms with Crippen molar-refractivity contribution in [3.8, 4) is 0 Å². The summed E-state index contributed by atoms with van der Waals surface area (Å²) in [5.41, 5.74) is 2.09. The predicted octanol–water partition coefficient (Wildman–Crippen LogP) is 2.91. The van der Waals surface area contributed by atoms with Gasteiger partial charge in [0.15, 0.2) is 6.10 Å². The van der Waals surface area contributed by atoms with Crippen LogP contribution in [0.15, 0.2) is 66.9 Å². The summed E-state index contributed by atoms with van der Waals surface area (Å²) in [5, 5.41) is 2.75. The fourth-order valence-electron chi connectivity index (χ4n) is 2.07. The Morgan fingerprint density at radius 3 is 2.35 bits per heavy atom. The number of epoxide rings is 1. The Morgan fingerprint density at radius 2 is 1.65 bits per heavy atom. The van der Waals surface area contributed by atoms with Crippen LogP contribution in [0.4, 0.5) is 0 Å². The molecule has 3 nitrogen and oxygen atoms in total. The summed E-state index contributed by atoms with van der Waals surface area (Å²) in [5.74, 6) is -0.106. The number of rotatable bonds is 4. The first kappa shape index (κ1) is 12.6. The van der Waals surface area contributed by atoms with E-state index in [9.17, 15) is 4.79 Å². The summed E-state index contributed by atoms with van der Waals surface area (Å²) in [7, 11) is 0. The van der Waals surface area contributed by atoms with Crippen molar-refractivity contribution in [3.05, 3.63) is 78.0 Å². The monoisotopic (exact) mass is 265 g/mol. The molecule has 0 aliphatic carbocycles. The number of carbonyl (C=O) groups excluding carboxylic acids is 1. The molecule has 1 fully saturated rings. The van der Waals surface area contributed by atoms with E-state index in [1.807, 2.05) is 66.7 Å². The van der Waals surface area contributed by atoms with E-state index in [0.29, 0.717) is 0 Å². The molecule has 1 heterocycles. The van der Waals surface area contributed by atoms with Gasteiger partial charge in [0.25, 0.3) is 5.91 Å². The van der Waals surface area contributed by atoms with Crippen molar-refractivity contribution in [2.45, 2.75) is 12.2 Å². The molecule has 1 aliphatic rings. The number of amides is 1. The van der Waals surface area contributed by atoms with E-state index < -0.39 is 0 Å². The molecule has 3 rings (SSSR count). The van der Waals surface area contributed by atoms with Gasteiger partial charge in [0.05, 0.1) is 0 Å². The van der Waals surface area contributed by atoms with E-state index in [1.165, 1.54) is 0 Å².